The molecule has 0 aliphatic heterocycles. The first-order valence-electron chi connectivity index (χ1n) is 6.69. The minimum atomic E-state index is -3.40. The third-order valence-electron chi connectivity index (χ3n) is 3.12. The molecule has 1 atom stereocenters. The molecule has 0 saturated heterocycles. The summed E-state index contributed by atoms with van der Waals surface area (Å²) in [6.07, 6.45) is 2.44. The second kappa shape index (κ2) is 7.62. The van der Waals surface area contributed by atoms with E-state index in [9.17, 15) is 8.42 Å². The Bertz CT molecular complexity index is 468. The van der Waals surface area contributed by atoms with E-state index in [0.29, 0.717) is 11.4 Å². The number of aliphatic hydroxyl groups is 1. The van der Waals surface area contributed by atoms with Gasteiger partial charge in [0.2, 0.25) is 10.0 Å². The summed E-state index contributed by atoms with van der Waals surface area (Å²) in [5.74, 6) is 0.216. The van der Waals surface area contributed by atoms with Crippen LogP contribution in [0.1, 0.15) is 32.3 Å². The fourth-order valence-electron chi connectivity index (χ4n) is 1.74. The van der Waals surface area contributed by atoms with E-state index in [1.807, 2.05) is 26.0 Å². The van der Waals surface area contributed by atoms with E-state index in [2.05, 4.69) is 4.72 Å². The molecule has 0 bridgehead atoms. The number of hydrogen-bond acceptors (Lipinski definition) is 3. The Balaban J connectivity index is 2.51. The highest BCUT2D eigenvalue weighted by molar-refractivity contribution is 7.89. The van der Waals surface area contributed by atoms with E-state index in [0.717, 1.165) is 24.8 Å². The minimum Gasteiger partial charge on any atom is -0.396 e. The SMILES string of the molecule is CCc1ccc(S(=O)(=O)NCCCC(C)CO)cc1. The van der Waals surface area contributed by atoms with Gasteiger partial charge in [-0.3, -0.25) is 0 Å². The van der Waals surface area contributed by atoms with Gasteiger partial charge in [-0.2, -0.15) is 0 Å². The van der Waals surface area contributed by atoms with Crippen LogP contribution in [0.25, 0.3) is 0 Å². The van der Waals surface area contributed by atoms with Gasteiger partial charge >= 0.3 is 0 Å². The highest BCUT2D eigenvalue weighted by atomic mass is 32.2. The van der Waals surface area contributed by atoms with Crippen molar-refractivity contribution in [2.75, 3.05) is 13.2 Å². The van der Waals surface area contributed by atoms with Crippen molar-refractivity contribution >= 4 is 10.0 Å². The molecule has 1 aromatic rings. The molecule has 0 fully saturated rings. The van der Waals surface area contributed by atoms with Gasteiger partial charge in [-0.25, -0.2) is 13.1 Å². The molecule has 108 valence electrons. The maximum Gasteiger partial charge on any atom is 0.240 e. The molecule has 0 spiro atoms. The third kappa shape index (κ3) is 5.30. The number of benzene rings is 1. The predicted octanol–water partition coefficient (Wildman–Crippen LogP) is 1.94. The average molecular weight is 285 g/mol. The van der Waals surface area contributed by atoms with Crippen molar-refractivity contribution in [2.45, 2.75) is 38.0 Å². The van der Waals surface area contributed by atoms with Crippen molar-refractivity contribution in [3.8, 4) is 0 Å². The Morgan fingerprint density at radius 2 is 1.89 bits per heavy atom. The molecule has 0 aromatic heterocycles. The van der Waals surface area contributed by atoms with Gasteiger partial charge in [-0.1, -0.05) is 26.0 Å². The first kappa shape index (κ1) is 16.1. The lowest BCUT2D eigenvalue weighted by atomic mass is 10.1. The molecule has 0 saturated carbocycles. The Hall–Kier alpha value is -0.910. The molecule has 2 N–H and O–H groups in total. The summed E-state index contributed by atoms with van der Waals surface area (Å²) in [6, 6.07) is 6.94. The average Bonchev–Trinajstić information content (AvgIpc) is 2.43. The zero-order valence-electron chi connectivity index (χ0n) is 11.6. The molecular weight excluding hydrogens is 262 g/mol. The smallest absolute Gasteiger partial charge is 0.240 e. The Kier molecular flexibility index (Phi) is 6.48. The maximum atomic E-state index is 12.0. The number of aliphatic hydroxyl groups excluding tert-OH is 1. The zero-order valence-corrected chi connectivity index (χ0v) is 12.4. The fourth-order valence-corrected chi connectivity index (χ4v) is 2.81. The Morgan fingerprint density at radius 3 is 2.42 bits per heavy atom. The largest absolute Gasteiger partial charge is 0.396 e. The quantitative estimate of drug-likeness (QED) is 0.717. The second-order valence-electron chi connectivity index (χ2n) is 4.83. The van der Waals surface area contributed by atoms with Crippen LogP contribution in [0.4, 0.5) is 0 Å². The molecule has 0 aliphatic rings. The van der Waals surface area contributed by atoms with E-state index >= 15 is 0 Å². The van der Waals surface area contributed by atoms with Gasteiger partial charge in [-0.05, 0) is 42.9 Å². The number of sulfonamides is 1. The van der Waals surface area contributed by atoms with Gasteiger partial charge in [0.15, 0.2) is 0 Å². The van der Waals surface area contributed by atoms with Gasteiger partial charge in [0.25, 0.3) is 0 Å². The molecule has 0 amide bonds. The van der Waals surface area contributed by atoms with Crippen LogP contribution in [0.15, 0.2) is 29.2 Å². The van der Waals surface area contributed by atoms with Crippen LogP contribution in [0, 0.1) is 5.92 Å². The van der Waals surface area contributed by atoms with Crippen molar-refractivity contribution in [1.82, 2.24) is 4.72 Å². The number of aryl methyl sites for hydroxylation is 1. The molecule has 0 heterocycles. The molecule has 5 heteroatoms. The lowest BCUT2D eigenvalue weighted by molar-refractivity contribution is 0.228. The molecule has 1 aromatic carbocycles. The van der Waals surface area contributed by atoms with Crippen LogP contribution in [-0.4, -0.2) is 26.7 Å². The summed E-state index contributed by atoms with van der Waals surface area (Å²) in [5, 5.41) is 8.88. The number of nitrogens with one attached hydrogen (secondary N) is 1. The van der Waals surface area contributed by atoms with Gasteiger partial charge in [0.05, 0.1) is 4.90 Å². The number of hydrogen-bond donors (Lipinski definition) is 2. The molecule has 4 nitrogen and oxygen atoms in total. The molecular formula is C14H23NO3S. The van der Waals surface area contributed by atoms with Crippen LogP contribution in [-0.2, 0) is 16.4 Å². The van der Waals surface area contributed by atoms with Crippen LogP contribution in [0.5, 0.6) is 0 Å². The second-order valence-corrected chi connectivity index (χ2v) is 6.59. The van der Waals surface area contributed by atoms with Gasteiger partial charge < -0.3 is 5.11 Å². The van der Waals surface area contributed by atoms with Gasteiger partial charge in [0.1, 0.15) is 0 Å². The van der Waals surface area contributed by atoms with Crippen molar-refractivity contribution in [3.63, 3.8) is 0 Å². The van der Waals surface area contributed by atoms with Crippen LogP contribution in [0.2, 0.25) is 0 Å². The molecule has 1 rings (SSSR count). The van der Waals surface area contributed by atoms with Gasteiger partial charge in [-0.15, -0.1) is 0 Å². The summed E-state index contributed by atoms with van der Waals surface area (Å²) in [4.78, 5) is 0.305. The van der Waals surface area contributed by atoms with E-state index < -0.39 is 10.0 Å². The van der Waals surface area contributed by atoms with Gasteiger partial charge in [0, 0.05) is 13.2 Å². The molecule has 0 aliphatic carbocycles. The monoisotopic (exact) mass is 285 g/mol. The molecule has 0 radical (unpaired) electrons. The standard InChI is InChI=1S/C14H23NO3S/c1-3-13-6-8-14(9-7-13)19(17,18)15-10-4-5-12(2)11-16/h6-9,12,15-16H,3-5,10-11H2,1-2H3. The van der Waals surface area contributed by atoms with Crippen LogP contribution in [0.3, 0.4) is 0 Å². The third-order valence-corrected chi connectivity index (χ3v) is 4.60. The van der Waals surface area contributed by atoms with Crippen molar-refractivity contribution in [2.24, 2.45) is 5.92 Å². The zero-order chi connectivity index (χ0) is 14.3. The topological polar surface area (TPSA) is 66.4 Å². The first-order chi connectivity index (χ1) is 8.99. The Labute approximate surface area is 115 Å². The van der Waals surface area contributed by atoms with Crippen molar-refractivity contribution < 1.29 is 13.5 Å². The highest BCUT2D eigenvalue weighted by Crippen LogP contribution is 2.11. The summed E-state index contributed by atoms with van der Waals surface area (Å²) < 4.78 is 26.6. The van der Waals surface area contributed by atoms with Crippen LogP contribution < -0.4 is 4.72 Å². The van der Waals surface area contributed by atoms with E-state index in [1.165, 1.54) is 0 Å². The summed E-state index contributed by atoms with van der Waals surface area (Å²) in [5.41, 5.74) is 1.12. The number of rotatable bonds is 8. The van der Waals surface area contributed by atoms with E-state index in [-0.39, 0.29) is 12.5 Å². The fraction of sp³-hybridized carbons (Fsp3) is 0.571. The molecule has 1 unspecified atom stereocenters. The highest BCUT2D eigenvalue weighted by Gasteiger charge is 2.12. The van der Waals surface area contributed by atoms with Crippen molar-refractivity contribution in [1.29, 1.82) is 0 Å². The lowest BCUT2D eigenvalue weighted by Crippen LogP contribution is -2.25. The summed E-state index contributed by atoms with van der Waals surface area (Å²) >= 11 is 0. The lowest BCUT2D eigenvalue weighted by Gasteiger charge is -2.09. The summed E-state index contributed by atoms with van der Waals surface area (Å²) in [7, 11) is -3.40. The van der Waals surface area contributed by atoms with Crippen molar-refractivity contribution in [3.05, 3.63) is 29.8 Å². The normalized spacial score (nSPS) is 13.4. The van der Waals surface area contributed by atoms with Crippen LogP contribution >= 0.6 is 0 Å². The Morgan fingerprint density at radius 1 is 1.26 bits per heavy atom. The van der Waals surface area contributed by atoms with E-state index in [4.69, 9.17) is 5.11 Å². The predicted molar refractivity (Wildman–Crippen MR) is 76.5 cm³/mol. The minimum absolute atomic E-state index is 0.144. The first-order valence-corrected chi connectivity index (χ1v) is 8.17. The maximum absolute atomic E-state index is 12.0. The molecule has 19 heavy (non-hydrogen) atoms. The summed E-state index contributed by atoms with van der Waals surface area (Å²) in [6.45, 7) is 4.52. The van der Waals surface area contributed by atoms with E-state index in [1.54, 1.807) is 12.1 Å².